The van der Waals surface area contributed by atoms with Gasteiger partial charge in [0.05, 0.1) is 16.7 Å². The molecule has 0 spiro atoms. The first-order valence-corrected chi connectivity index (χ1v) is 8.52. The van der Waals surface area contributed by atoms with E-state index in [1.54, 1.807) is 36.4 Å². The Hall–Kier alpha value is -3.02. The maximum absolute atomic E-state index is 13.2. The van der Waals surface area contributed by atoms with Crippen LogP contribution in [0.25, 0.3) is 0 Å². The van der Waals surface area contributed by atoms with Crippen LogP contribution in [0.3, 0.4) is 0 Å². The largest absolute Gasteiger partial charge is 0.345 e. The molecule has 5 nitrogen and oxygen atoms in total. The van der Waals surface area contributed by atoms with Crippen molar-refractivity contribution in [2.45, 2.75) is 24.8 Å². The summed E-state index contributed by atoms with van der Waals surface area (Å²) in [6, 6.07) is 12.6. The molecule has 132 valence electrons. The van der Waals surface area contributed by atoms with Crippen molar-refractivity contribution in [1.29, 1.82) is 0 Å². The fraction of sp³-hybridized carbons (Fsp3) is 0.250. The molecule has 1 aliphatic carbocycles. The van der Waals surface area contributed by atoms with Gasteiger partial charge >= 0.3 is 0 Å². The molecular formula is C20H17FN2O3. The van der Waals surface area contributed by atoms with Gasteiger partial charge in [0.15, 0.2) is 0 Å². The van der Waals surface area contributed by atoms with Crippen molar-refractivity contribution in [2.75, 3.05) is 6.54 Å². The molecule has 26 heavy (non-hydrogen) atoms. The highest BCUT2D eigenvalue weighted by Crippen LogP contribution is 2.41. The Morgan fingerprint density at radius 1 is 1.00 bits per heavy atom. The van der Waals surface area contributed by atoms with Crippen LogP contribution in [0.2, 0.25) is 0 Å². The lowest BCUT2D eigenvalue weighted by molar-refractivity contribution is -0.124. The van der Waals surface area contributed by atoms with Gasteiger partial charge in [-0.25, -0.2) is 4.39 Å². The van der Waals surface area contributed by atoms with Crippen LogP contribution in [0, 0.1) is 5.82 Å². The van der Waals surface area contributed by atoms with E-state index in [0.29, 0.717) is 11.1 Å². The summed E-state index contributed by atoms with van der Waals surface area (Å²) in [4.78, 5) is 38.3. The van der Waals surface area contributed by atoms with Crippen molar-refractivity contribution in [3.63, 3.8) is 0 Å². The van der Waals surface area contributed by atoms with Gasteiger partial charge in [-0.15, -0.1) is 0 Å². The molecule has 0 atom stereocenters. The zero-order valence-electron chi connectivity index (χ0n) is 14.0. The van der Waals surface area contributed by atoms with E-state index in [1.807, 2.05) is 0 Å². The van der Waals surface area contributed by atoms with Gasteiger partial charge in [-0.3, -0.25) is 19.3 Å². The van der Waals surface area contributed by atoms with Gasteiger partial charge in [0.25, 0.3) is 11.8 Å². The second-order valence-electron chi connectivity index (χ2n) is 6.73. The molecule has 2 aromatic carbocycles. The standard InChI is InChI=1S/C20H17FN2O3/c21-14-8-6-13(7-9-14)20(10-3-11-20)22-17(24)12-23-18(25)15-4-1-2-5-16(15)19(23)26/h1-2,4-9H,3,10-12H2,(H,22,24). The summed E-state index contributed by atoms with van der Waals surface area (Å²) in [5.41, 5.74) is 0.925. The average Bonchev–Trinajstić information content (AvgIpc) is 2.84. The number of fused-ring (bicyclic) bond motifs is 1. The molecule has 1 heterocycles. The third-order valence-electron chi connectivity index (χ3n) is 5.16. The van der Waals surface area contributed by atoms with Crippen LogP contribution in [0.1, 0.15) is 45.5 Å². The minimum absolute atomic E-state index is 0.321. The predicted molar refractivity (Wildman–Crippen MR) is 91.9 cm³/mol. The molecule has 2 aliphatic rings. The number of halogens is 1. The summed E-state index contributed by atoms with van der Waals surface area (Å²) in [5, 5.41) is 2.95. The minimum atomic E-state index is -0.552. The number of carbonyl (C=O) groups excluding carboxylic acids is 3. The van der Waals surface area contributed by atoms with E-state index < -0.39 is 23.3 Å². The first-order valence-electron chi connectivity index (χ1n) is 8.52. The van der Waals surface area contributed by atoms with E-state index >= 15 is 0 Å². The summed E-state index contributed by atoms with van der Waals surface area (Å²) in [6.07, 6.45) is 2.43. The molecule has 0 radical (unpaired) electrons. The number of carbonyl (C=O) groups is 3. The second-order valence-corrected chi connectivity index (χ2v) is 6.73. The lowest BCUT2D eigenvalue weighted by Gasteiger charge is -2.43. The summed E-state index contributed by atoms with van der Waals surface area (Å²) in [6.45, 7) is -0.324. The number of benzene rings is 2. The molecule has 2 aromatic rings. The Labute approximate surface area is 149 Å². The van der Waals surface area contributed by atoms with Crippen molar-refractivity contribution in [3.05, 3.63) is 71.0 Å². The highest BCUT2D eigenvalue weighted by molar-refractivity contribution is 6.22. The van der Waals surface area contributed by atoms with E-state index in [0.717, 1.165) is 29.7 Å². The molecule has 3 amide bonds. The quantitative estimate of drug-likeness (QED) is 0.860. The monoisotopic (exact) mass is 352 g/mol. The Bertz CT molecular complexity index is 869. The van der Waals surface area contributed by atoms with E-state index in [1.165, 1.54) is 12.1 Å². The molecule has 6 heteroatoms. The molecule has 1 aliphatic heterocycles. The van der Waals surface area contributed by atoms with Gasteiger partial charge in [0.2, 0.25) is 5.91 Å². The van der Waals surface area contributed by atoms with Crippen molar-refractivity contribution >= 4 is 17.7 Å². The molecule has 0 unspecified atom stereocenters. The van der Waals surface area contributed by atoms with Crippen molar-refractivity contribution in [1.82, 2.24) is 10.2 Å². The SMILES string of the molecule is O=C(CN1C(=O)c2ccccc2C1=O)NC1(c2ccc(F)cc2)CCC1. The number of imide groups is 1. The van der Waals surface area contributed by atoms with Gasteiger partial charge in [-0.2, -0.15) is 0 Å². The third-order valence-corrected chi connectivity index (χ3v) is 5.16. The topological polar surface area (TPSA) is 66.5 Å². The fourth-order valence-corrected chi connectivity index (χ4v) is 3.62. The van der Waals surface area contributed by atoms with E-state index in [-0.39, 0.29) is 12.4 Å². The zero-order chi connectivity index (χ0) is 18.3. The van der Waals surface area contributed by atoms with Gasteiger partial charge in [-0.1, -0.05) is 24.3 Å². The van der Waals surface area contributed by atoms with Crippen molar-refractivity contribution in [3.8, 4) is 0 Å². The maximum Gasteiger partial charge on any atom is 0.262 e. The molecule has 1 saturated carbocycles. The van der Waals surface area contributed by atoms with Crippen LogP contribution in [0.4, 0.5) is 4.39 Å². The first-order chi connectivity index (χ1) is 12.5. The highest BCUT2D eigenvalue weighted by Gasteiger charge is 2.42. The number of nitrogens with one attached hydrogen (secondary N) is 1. The van der Waals surface area contributed by atoms with Crippen LogP contribution < -0.4 is 5.32 Å². The summed E-state index contributed by atoms with van der Waals surface area (Å²) in [5.74, 6) is -1.64. The van der Waals surface area contributed by atoms with Crippen LogP contribution in [0.5, 0.6) is 0 Å². The number of amides is 3. The second kappa shape index (κ2) is 6.05. The van der Waals surface area contributed by atoms with E-state index in [2.05, 4.69) is 5.32 Å². The van der Waals surface area contributed by atoms with Crippen molar-refractivity contribution in [2.24, 2.45) is 0 Å². The Morgan fingerprint density at radius 3 is 2.08 bits per heavy atom. The predicted octanol–water partition coefficient (Wildman–Crippen LogP) is 2.62. The number of rotatable bonds is 4. The van der Waals surface area contributed by atoms with Gasteiger partial charge in [0.1, 0.15) is 12.4 Å². The molecule has 4 rings (SSSR count). The lowest BCUT2D eigenvalue weighted by atomic mass is 9.71. The van der Waals surface area contributed by atoms with Crippen LogP contribution >= 0.6 is 0 Å². The molecular weight excluding hydrogens is 335 g/mol. The molecule has 0 bridgehead atoms. The smallest absolute Gasteiger partial charge is 0.262 e. The van der Waals surface area contributed by atoms with E-state index in [9.17, 15) is 18.8 Å². The lowest BCUT2D eigenvalue weighted by Crippen LogP contribution is -2.53. The first kappa shape index (κ1) is 16.4. The molecule has 1 N–H and O–H groups in total. The maximum atomic E-state index is 13.2. The van der Waals surface area contributed by atoms with Gasteiger partial charge in [-0.05, 0) is 49.1 Å². The number of hydrogen-bond acceptors (Lipinski definition) is 3. The Morgan fingerprint density at radius 2 is 1.58 bits per heavy atom. The zero-order valence-corrected chi connectivity index (χ0v) is 14.0. The van der Waals surface area contributed by atoms with Crippen molar-refractivity contribution < 1.29 is 18.8 Å². The number of hydrogen-bond donors (Lipinski definition) is 1. The highest BCUT2D eigenvalue weighted by atomic mass is 19.1. The van der Waals surface area contributed by atoms with Crippen LogP contribution in [-0.2, 0) is 10.3 Å². The average molecular weight is 352 g/mol. The molecule has 0 aromatic heterocycles. The fourth-order valence-electron chi connectivity index (χ4n) is 3.62. The Balaban J connectivity index is 1.50. The van der Waals surface area contributed by atoms with Gasteiger partial charge in [0, 0.05) is 0 Å². The Kier molecular flexibility index (Phi) is 3.83. The third kappa shape index (κ3) is 2.58. The van der Waals surface area contributed by atoms with Crippen LogP contribution in [0.15, 0.2) is 48.5 Å². The summed E-state index contributed by atoms with van der Waals surface area (Å²) < 4.78 is 13.2. The normalized spacial score (nSPS) is 17.7. The summed E-state index contributed by atoms with van der Waals surface area (Å²) >= 11 is 0. The molecule has 1 fully saturated rings. The number of nitrogens with zero attached hydrogens (tertiary/aromatic N) is 1. The van der Waals surface area contributed by atoms with E-state index in [4.69, 9.17) is 0 Å². The summed E-state index contributed by atoms with van der Waals surface area (Å²) in [7, 11) is 0. The van der Waals surface area contributed by atoms with Gasteiger partial charge < -0.3 is 5.32 Å². The minimum Gasteiger partial charge on any atom is -0.345 e. The molecule has 0 saturated heterocycles. The van der Waals surface area contributed by atoms with Crippen LogP contribution in [-0.4, -0.2) is 29.2 Å².